The number of hydrogen-bond acceptors (Lipinski definition) is 4. The summed E-state index contributed by atoms with van der Waals surface area (Å²) >= 11 is 0. The van der Waals surface area contributed by atoms with Gasteiger partial charge in [-0.3, -0.25) is 4.79 Å². The Morgan fingerprint density at radius 2 is 1.55 bits per heavy atom. The van der Waals surface area contributed by atoms with Gasteiger partial charge in [-0.15, -0.1) is 0 Å². The third-order valence-electron chi connectivity index (χ3n) is 4.74. The molecule has 0 radical (unpaired) electrons. The zero-order valence-electron chi connectivity index (χ0n) is 17.5. The van der Waals surface area contributed by atoms with Gasteiger partial charge in [0.05, 0.1) is 11.1 Å². The van der Waals surface area contributed by atoms with Crippen LogP contribution >= 0.6 is 0 Å². The highest BCUT2D eigenvalue weighted by Crippen LogP contribution is 2.37. The van der Waals surface area contributed by atoms with Gasteiger partial charge in [0.2, 0.25) is 17.6 Å². The second kappa shape index (κ2) is 9.24. The molecule has 0 bridgehead atoms. The lowest BCUT2D eigenvalue weighted by atomic mass is 10.0. The van der Waals surface area contributed by atoms with E-state index in [0.717, 1.165) is 5.56 Å². The summed E-state index contributed by atoms with van der Waals surface area (Å²) in [5.41, 5.74) is -1.82. The molecule has 0 saturated carbocycles. The molecule has 11 heteroatoms. The number of amides is 1. The maximum atomic E-state index is 12.9. The SMILES string of the molecule is CC(C)c1ccc(-c2noc(CCC(=O)Nc3cc(C(F)(F)F)cc(C(F)(F)F)c3)n2)cc1. The molecule has 0 spiro atoms. The lowest BCUT2D eigenvalue weighted by Crippen LogP contribution is -2.16. The minimum absolute atomic E-state index is 0.0106. The Labute approximate surface area is 184 Å². The predicted molar refractivity (Wildman–Crippen MR) is 107 cm³/mol. The minimum atomic E-state index is -5.01. The zero-order chi connectivity index (χ0) is 24.4. The second-order valence-corrected chi connectivity index (χ2v) is 7.63. The van der Waals surface area contributed by atoms with Crippen molar-refractivity contribution < 1.29 is 35.7 Å². The van der Waals surface area contributed by atoms with Crippen LogP contribution in [0.1, 0.15) is 48.8 Å². The van der Waals surface area contributed by atoms with Crippen molar-refractivity contribution >= 4 is 11.6 Å². The van der Waals surface area contributed by atoms with Crippen LogP contribution in [0.3, 0.4) is 0 Å². The van der Waals surface area contributed by atoms with Crippen LogP contribution in [0, 0.1) is 0 Å². The van der Waals surface area contributed by atoms with Gasteiger partial charge >= 0.3 is 12.4 Å². The quantitative estimate of drug-likeness (QED) is 0.419. The van der Waals surface area contributed by atoms with E-state index in [0.29, 0.717) is 29.4 Å². The number of nitrogens with zero attached hydrogens (tertiary/aromatic N) is 2. The Morgan fingerprint density at radius 3 is 2.06 bits per heavy atom. The average Bonchev–Trinajstić information content (AvgIpc) is 3.20. The summed E-state index contributed by atoms with van der Waals surface area (Å²) in [6, 6.07) is 8.37. The molecule has 1 heterocycles. The first-order chi connectivity index (χ1) is 15.3. The van der Waals surface area contributed by atoms with Gasteiger partial charge in [-0.25, -0.2) is 0 Å². The summed E-state index contributed by atoms with van der Waals surface area (Å²) in [6.45, 7) is 4.10. The van der Waals surface area contributed by atoms with Crippen LogP contribution in [0.4, 0.5) is 32.0 Å². The Balaban J connectivity index is 1.66. The number of hydrogen-bond donors (Lipinski definition) is 1. The van der Waals surface area contributed by atoms with Gasteiger partial charge in [-0.05, 0) is 29.7 Å². The first kappa shape index (κ1) is 24.3. The van der Waals surface area contributed by atoms with E-state index in [-0.39, 0.29) is 24.8 Å². The molecule has 0 aliphatic rings. The van der Waals surface area contributed by atoms with Crippen molar-refractivity contribution in [2.45, 2.75) is 45.0 Å². The second-order valence-electron chi connectivity index (χ2n) is 7.63. The molecule has 5 nitrogen and oxygen atoms in total. The summed E-state index contributed by atoms with van der Waals surface area (Å²) in [5.74, 6) is -0.0487. The first-order valence-corrected chi connectivity index (χ1v) is 9.85. The molecule has 0 aliphatic heterocycles. The highest BCUT2D eigenvalue weighted by molar-refractivity contribution is 5.91. The van der Waals surface area contributed by atoms with Gasteiger partial charge in [-0.2, -0.15) is 31.3 Å². The van der Waals surface area contributed by atoms with Crippen molar-refractivity contribution in [3.63, 3.8) is 0 Å². The molecular formula is C22H19F6N3O2. The molecule has 1 N–H and O–H groups in total. The highest BCUT2D eigenvalue weighted by atomic mass is 19.4. The fourth-order valence-corrected chi connectivity index (χ4v) is 2.96. The summed E-state index contributed by atoms with van der Waals surface area (Å²) in [7, 11) is 0. The van der Waals surface area contributed by atoms with Crippen molar-refractivity contribution in [3.8, 4) is 11.4 Å². The summed E-state index contributed by atoms with van der Waals surface area (Å²) in [6.07, 6.45) is -10.3. The van der Waals surface area contributed by atoms with Crippen LogP contribution in [0.15, 0.2) is 47.0 Å². The van der Waals surface area contributed by atoms with E-state index in [2.05, 4.69) is 29.3 Å². The van der Waals surface area contributed by atoms with Gasteiger partial charge < -0.3 is 9.84 Å². The largest absolute Gasteiger partial charge is 0.416 e. The molecule has 0 unspecified atom stereocenters. The van der Waals surface area contributed by atoms with Gasteiger partial charge in [0.25, 0.3) is 0 Å². The van der Waals surface area contributed by atoms with E-state index in [1.54, 1.807) is 0 Å². The monoisotopic (exact) mass is 471 g/mol. The molecule has 3 aromatic rings. The molecule has 3 rings (SSSR count). The third kappa shape index (κ3) is 6.33. The maximum Gasteiger partial charge on any atom is 0.416 e. The number of benzene rings is 2. The molecule has 0 saturated heterocycles. The number of carbonyl (C=O) groups is 1. The molecule has 2 aromatic carbocycles. The van der Waals surface area contributed by atoms with Crippen molar-refractivity contribution in [1.29, 1.82) is 0 Å². The number of nitrogens with one attached hydrogen (secondary N) is 1. The molecule has 33 heavy (non-hydrogen) atoms. The first-order valence-electron chi connectivity index (χ1n) is 9.85. The van der Waals surface area contributed by atoms with Crippen LogP contribution in [0.2, 0.25) is 0 Å². The van der Waals surface area contributed by atoms with Crippen LogP contribution in [-0.4, -0.2) is 16.0 Å². The maximum absolute atomic E-state index is 12.9. The molecule has 1 aromatic heterocycles. The number of halogens is 6. The minimum Gasteiger partial charge on any atom is -0.339 e. The Bertz CT molecular complexity index is 1090. The van der Waals surface area contributed by atoms with Gasteiger partial charge in [0.1, 0.15) is 0 Å². The van der Waals surface area contributed by atoms with Crippen LogP contribution in [0.25, 0.3) is 11.4 Å². The molecule has 0 fully saturated rings. The summed E-state index contributed by atoms with van der Waals surface area (Å²) < 4.78 is 82.7. The van der Waals surface area contributed by atoms with E-state index in [1.807, 2.05) is 24.3 Å². The number of aryl methyl sites for hydroxylation is 1. The lowest BCUT2D eigenvalue weighted by molar-refractivity contribution is -0.143. The van der Waals surface area contributed by atoms with Crippen LogP contribution in [-0.2, 0) is 23.6 Å². The molecule has 1 amide bonds. The third-order valence-corrected chi connectivity index (χ3v) is 4.74. The van der Waals surface area contributed by atoms with E-state index in [1.165, 1.54) is 0 Å². The summed E-state index contributed by atoms with van der Waals surface area (Å²) in [4.78, 5) is 16.3. The molecule has 0 aliphatic carbocycles. The van der Waals surface area contributed by atoms with Crippen molar-refractivity contribution in [1.82, 2.24) is 10.1 Å². The normalized spacial score (nSPS) is 12.3. The molecular weight excluding hydrogens is 452 g/mol. The number of aromatic nitrogens is 2. The smallest absolute Gasteiger partial charge is 0.339 e. The highest BCUT2D eigenvalue weighted by Gasteiger charge is 2.37. The van der Waals surface area contributed by atoms with Crippen molar-refractivity contribution in [2.75, 3.05) is 5.32 Å². The molecule has 0 atom stereocenters. The van der Waals surface area contributed by atoms with Crippen LogP contribution in [0.5, 0.6) is 0 Å². The predicted octanol–water partition coefficient (Wildman–Crippen LogP) is 6.47. The van der Waals surface area contributed by atoms with Crippen LogP contribution < -0.4 is 5.32 Å². The van der Waals surface area contributed by atoms with Crippen molar-refractivity contribution in [2.24, 2.45) is 0 Å². The fraction of sp³-hybridized carbons (Fsp3) is 0.318. The lowest BCUT2D eigenvalue weighted by Gasteiger charge is -2.14. The zero-order valence-corrected chi connectivity index (χ0v) is 17.5. The topological polar surface area (TPSA) is 68.0 Å². The number of anilines is 1. The number of carbonyl (C=O) groups excluding carboxylic acids is 1. The standard InChI is InChI=1S/C22H19F6N3O2/c1-12(2)13-3-5-14(6-4-13)20-30-19(33-31-20)8-7-18(32)29-17-10-15(21(23,24)25)9-16(11-17)22(26,27)28/h3-6,9-12H,7-8H2,1-2H3,(H,29,32). The van der Waals surface area contributed by atoms with Gasteiger partial charge in [0.15, 0.2) is 0 Å². The average molecular weight is 471 g/mol. The number of rotatable bonds is 6. The molecule has 176 valence electrons. The Hall–Kier alpha value is -3.37. The van der Waals surface area contributed by atoms with E-state index < -0.39 is 35.1 Å². The Morgan fingerprint density at radius 1 is 0.970 bits per heavy atom. The number of alkyl halides is 6. The fourth-order valence-electron chi connectivity index (χ4n) is 2.96. The van der Waals surface area contributed by atoms with E-state index in [4.69, 9.17) is 4.52 Å². The van der Waals surface area contributed by atoms with E-state index in [9.17, 15) is 31.1 Å². The summed E-state index contributed by atoms with van der Waals surface area (Å²) in [5, 5.41) is 5.90. The van der Waals surface area contributed by atoms with E-state index >= 15 is 0 Å². The Kier molecular flexibility index (Phi) is 6.80. The van der Waals surface area contributed by atoms with Gasteiger partial charge in [0, 0.05) is 24.1 Å². The van der Waals surface area contributed by atoms with Crippen molar-refractivity contribution in [3.05, 3.63) is 65.0 Å². The van der Waals surface area contributed by atoms with Gasteiger partial charge in [-0.1, -0.05) is 43.3 Å².